The van der Waals surface area contributed by atoms with Gasteiger partial charge in [-0.1, -0.05) is 6.07 Å². The molecule has 3 nitrogen and oxygen atoms in total. The first-order valence-corrected chi connectivity index (χ1v) is 4.49. The summed E-state index contributed by atoms with van der Waals surface area (Å²) >= 11 is 0. The molecule has 0 saturated carbocycles. The molecule has 0 aliphatic heterocycles. The zero-order valence-corrected chi connectivity index (χ0v) is 8.32. The summed E-state index contributed by atoms with van der Waals surface area (Å²) in [5, 5.41) is 0. The standard InChI is InChI=1S/C10H16N2O/c1-7(2)13-10-6-4-5-9(12-10)8(3)11/h4-8H,11H2,1-3H3. The van der Waals surface area contributed by atoms with Crippen molar-refractivity contribution in [2.24, 2.45) is 5.73 Å². The molecular formula is C10H16N2O. The summed E-state index contributed by atoms with van der Waals surface area (Å²) in [6.45, 7) is 5.85. The Hall–Kier alpha value is -1.09. The molecule has 0 aliphatic rings. The van der Waals surface area contributed by atoms with E-state index in [1.165, 1.54) is 0 Å². The van der Waals surface area contributed by atoms with E-state index in [0.717, 1.165) is 5.69 Å². The number of rotatable bonds is 3. The van der Waals surface area contributed by atoms with Crippen LogP contribution < -0.4 is 10.5 Å². The lowest BCUT2D eigenvalue weighted by atomic mass is 10.2. The van der Waals surface area contributed by atoms with E-state index in [2.05, 4.69) is 4.98 Å². The van der Waals surface area contributed by atoms with E-state index in [-0.39, 0.29) is 12.1 Å². The van der Waals surface area contributed by atoms with E-state index in [9.17, 15) is 0 Å². The van der Waals surface area contributed by atoms with E-state index in [1.807, 2.05) is 39.0 Å². The molecule has 13 heavy (non-hydrogen) atoms. The maximum Gasteiger partial charge on any atom is 0.213 e. The summed E-state index contributed by atoms with van der Waals surface area (Å²) in [7, 11) is 0. The van der Waals surface area contributed by atoms with Crippen LogP contribution in [0.2, 0.25) is 0 Å². The Morgan fingerprint density at radius 2 is 2.00 bits per heavy atom. The van der Waals surface area contributed by atoms with Crippen molar-refractivity contribution in [1.29, 1.82) is 0 Å². The summed E-state index contributed by atoms with van der Waals surface area (Å²) in [4.78, 5) is 4.27. The highest BCUT2D eigenvalue weighted by molar-refractivity contribution is 5.17. The second-order valence-electron chi connectivity index (χ2n) is 3.36. The lowest BCUT2D eigenvalue weighted by molar-refractivity contribution is 0.232. The minimum absolute atomic E-state index is 0.0456. The third-order valence-corrected chi connectivity index (χ3v) is 1.57. The minimum atomic E-state index is -0.0456. The van der Waals surface area contributed by atoms with Gasteiger partial charge in [0.2, 0.25) is 5.88 Å². The van der Waals surface area contributed by atoms with Crippen LogP contribution in [0.1, 0.15) is 32.5 Å². The Labute approximate surface area is 78.9 Å². The number of pyridine rings is 1. The Morgan fingerprint density at radius 3 is 2.54 bits per heavy atom. The van der Waals surface area contributed by atoms with Gasteiger partial charge in [-0.25, -0.2) is 4.98 Å². The SMILES string of the molecule is CC(C)Oc1cccc(C(C)N)n1. The maximum absolute atomic E-state index is 5.70. The summed E-state index contributed by atoms with van der Waals surface area (Å²) < 4.78 is 5.44. The highest BCUT2D eigenvalue weighted by atomic mass is 16.5. The molecular weight excluding hydrogens is 164 g/mol. The molecule has 0 fully saturated rings. The van der Waals surface area contributed by atoms with Gasteiger partial charge in [-0.2, -0.15) is 0 Å². The van der Waals surface area contributed by atoms with Gasteiger partial charge >= 0.3 is 0 Å². The third-order valence-electron chi connectivity index (χ3n) is 1.57. The molecule has 1 rings (SSSR count). The van der Waals surface area contributed by atoms with Gasteiger partial charge in [0, 0.05) is 12.1 Å². The molecule has 1 aromatic heterocycles. The molecule has 0 saturated heterocycles. The van der Waals surface area contributed by atoms with Crippen LogP contribution in [0.25, 0.3) is 0 Å². The van der Waals surface area contributed by atoms with Crippen molar-refractivity contribution in [3.63, 3.8) is 0 Å². The van der Waals surface area contributed by atoms with Gasteiger partial charge in [0.25, 0.3) is 0 Å². The molecule has 3 heteroatoms. The molecule has 1 heterocycles. The molecule has 0 aliphatic carbocycles. The molecule has 1 unspecified atom stereocenters. The lowest BCUT2D eigenvalue weighted by Crippen LogP contribution is -2.11. The second kappa shape index (κ2) is 4.23. The molecule has 0 bridgehead atoms. The van der Waals surface area contributed by atoms with Crippen LogP contribution >= 0.6 is 0 Å². The Kier molecular flexibility index (Phi) is 3.25. The van der Waals surface area contributed by atoms with Gasteiger partial charge < -0.3 is 10.5 Å². The van der Waals surface area contributed by atoms with Crippen LogP contribution in [-0.4, -0.2) is 11.1 Å². The van der Waals surface area contributed by atoms with E-state index < -0.39 is 0 Å². The highest BCUT2D eigenvalue weighted by Gasteiger charge is 2.03. The average Bonchev–Trinajstić information content (AvgIpc) is 2.03. The summed E-state index contributed by atoms with van der Waals surface area (Å²) in [6, 6.07) is 5.60. The molecule has 0 spiro atoms. The fourth-order valence-electron chi connectivity index (χ4n) is 0.992. The second-order valence-corrected chi connectivity index (χ2v) is 3.36. The van der Waals surface area contributed by atoms with Crippen LogP contribution in [0.4, 0.5) is 0 Å². The monoisotopic (exact) mass is 180 g/mol. The fourth-order valence-corrected chi connectivity index (χ4v) is 0.992. The Balaban J connectivity index is 2.79. The highest BCUT2D eigenvalue weighted by Crippen LogP contribution is 2.13. The number of nitrogens with two attached hydrogens (primary N) is 1. The van der Waals surface area contributed by atoms with Crippen LogP contribution in [0.3, 0.4) is 0 Å². The molecule has 2 N–H and O–H groups in total. The van der Waals surface area contributed by atoms with E-state index in [1.54, 1.807) is 0 Å². The molecule has 72 valence electrons. The topological polar surface area (TPSA) is 48.1 Å². The van der Waals surface area contributed by atoms with E-state index >= 15 is 0 Å². The number of nitrogens with zero attached hydrogens (tertiary/aromatic N) is 1. The average molecular weight is 180 g/mol. The van der Waals surface area contributed by atoms with Gasteiger partial charge in [-0.3, -0.25) is 0 Å². The first-order chi connectivity index (χ1) is 6.09. The zero-order valence-electron chi connectivity index (χ0n) is 8.32. The van der Waals surface area contributed by atoms with Gasteiger partial charge in [-0.05, 0) is 26.8 Å². The largest absolute Gasteiger partial charge is 0.475 e. The third kappa shape index (κ3) is 3.03. The summed E-state index contributed by atoms with van der Waals surface area (Å²) in [5.41, 5.74) is 6.55. The van der Waals surface area contributed by atoms with Crippen molar-refractivity contribution >= 4 is 0 Å². The Bertz CT molecular complexity index is 271. The lowest BCUT2D eigenvalue weighted by Gasteiger charge is -2.10. The number of ether oxygens (including phenoxy) is 1. The predicted octanol–water partition coefficient (Wildman–Crippen LogP) is 1.89. The van der Waals surface area contributed by atoms with Gasteiger partial charge in [0.1, 0.15) is 0 Å². The van der Waals surface area contributed by atoms with Crippen molar-refractivity contribution in [3.05, 3.63) is 23.9 Å². The van der Waals surface area contributed by atoms with Crippen LogP contribution in [-0.2, 0) is 0 Å². The fraction of sp³-hybridized carbons (Fsp3) is 0.500. The minimum Gasteiger partial charge on any atom is -0.475 e. The van der Waals surface area contributed by atoms with Crippen molar-refractivity contribution in [1.82, 2.24) is 4.98 Å². The van der Waals surface area contributed by atoms with Gasteiger partial charge in [-0.15, -0.1) is 0 Å². The van der Waals surface area contributed by atoms with E-state index in [0.29, 0.717) is 5.88 Å². The summed E-state index contributed by atoms with van der Waals surface area (Å²) in [6.07, 6.45) is 0.149. The van der Waals surface area contributed by atoms with Crippen molar-refractivity contribution < 1.29 is 4.74 Å². The first-order valence-electron chi connectivity index (χ1n) is 4.49. The quantitative estimate of drug-likeness (QED) is 0.772. The number of hydrogen-bond acceptors (Lipinski definition) is 3. The molecule has 0 amide bonds. The molecule has 0 aromatic carbocycles. The van der Waals surface area contributed by atoms with Gasteiger partial charge in [0.15, 0.2) is 0 Å². The van der Waals surface area contributed by atoms with Crippen LogP contribution in [0.15, 0.2) is 18.2 Å². The maximum atomic E-state index is 5.70. The normalized spacial score (nSPS) is 13.0. The Morgan fingerprint density at radius 1 is 1.31 bits per heavy atom. The van der Waals surface area contributed by atoms with Crippen LogP contribution in [0.5, 0.6) is 5.88 Å². The van der Waals surface area contributed by atoms with Crippen molar-refractivity contribution in [2.45, 2.75) is 32.9 Å². The molecule has 1 atom stereocenters. The van der Waals surface area contributed by atoms with Crippen molar-refractivity contribution in [2.75, 3.05) is 0 Å². The van der Waals surface area contributed by atoms with E-state index in [4.69, 9.17) is 10.5 Å². The smallest absolute Gasteiger partial charge is 0.213 e. The molecule has 1 aromatic rings. The first kappa shape index (κ1) is 9.99. The van der Waals surface area contributed by atoms with Crippen LogP contribution in [0, 0.1) is 0 Å². The summed E-state index contributed by atoms with van der Waals surface area (Å²) in [5.74, 6) is 0.643. The van der Waals surface area contributed by atoms with Gasteiger partial charge in [0.05, 0.1) is 11.8 Å². The zero-order chi connectivity index (χ0) is 9.84. The van der Waals surface area contributed by atoms with Crippen molar-refractivity contribution in [3.8, 4) is 5.88 Å². The predicted molar refractivity (Wildman–Crippen MR) is 52.6 cm³/mol. The number of hydrogen-bond donors (Lipinski definition) is 1. The number of aromatic nitrogens is 1. The molecule has 0 radical (unpaired) electrons.